The Morgan fingerprint density at radius 2 is 1.90 bits per heavy atom. The van der Waals surface area contributed by atoms with Crippen LogP contribution in [0.15, 0.2) is 38.3 Å². The average molecular weight is 461 g/mol. The zero-order chi connectivity index (χ0) is 20.7. The Balaban J connectivity index is 1.90. The van der Waals surface area contributed by atoms with E-state index < -0.39 is 5.69 Å². The van der Waals surface area contributed by atoms with Gasteiger partial charge in [0, 0.05) is 30.7 Å². The summed E-state index contributed by atoms with van der Waals surface area (Å²) in [5.41, 5.74) is 7.36. The molecule has 3 aromatic rings. The van der Waals surface area contributed by atoms with Crippen LogP contribution < -0.4 is 22.3 Å². The average Bonchev–Trinajstić information content (AvgIpc) is 3.06. The van der Waals surface area contributed by atoms with Crippen LogP contribution in [0.1, 0.15) is 31.2 Å². The summed E-state index contributed by atoms with van der Waals surface area (Å²) in [5, 5.41) is 3.47. The molecule has 4 rings (SSSR count). The summed E-state index contributed by atoms with van der Waals surface area (Å²) in [6.07, 6.45) is 4.15. The Morgan fingerprint density at radius 1 is 1.17 bits per heavy atom. The number of hydrogen-bond donors (Lipinski definition) is 2. The molecule has 9 heteroatoms. The van der Waals surface area contributed by atoms with Crippen LogP contribution in [0.4, 0.5) is 5.95 Å². The van der Waals surface area contributed by atoms with Crippen LogP contribution in [-0.4, -0.2) is 30.8 Å². The van der Waals surface area contributed by atoms with Crippen molar-refractivity contribution in [2.24, 2.45) is 19.8 Å². The van der Waals surface area contributed by atoms with Gasteiger partial charge in [-0.05, 0) is 24.5 Å². The summed E-state index contributed by atoms with van der Waals surface area (Å²) >= 11 is 3.59. The van der Waals surface area contributed by atoms with Crippen LogP contribution in [-0.2, 0) is 20.6 Å². The predicted octanol–water partition coefficient (Wildman–Crippen LogP) is 1.93. The van der Waals surface area contributed by atoms with Crippen molar-refractivity contribution in [1.82, 2.24) is 18.7 Å². The highest BCUT2D eigenvalue weighted by atomic mass is 79.9. The maximum atomic E-state index is 13.0. The standard InChI is InChI=1S/C20H25BrN6O2/c1-25-17-16(18(28)26(2)20(25)29)27(11-12-7-3-4-8-13(12)21)19(24-17)23-15-10-6-5-9-14(15)22/h3-4,7-8,14-15H,5-6,9-11,22H2,1-2H3,(H,23,24). The minimum atomic E-state index is -0.394. The molecule has 1 fully saturated rings. The number of nitrogens with one attached hydrogen (secondary N) is 1. The quantitative estimate of drug-likeness (QED) is 0.619. The van der Waals surface area contributed by atoms with E-state index in [1.54, 1.807) is 7.05 Å². The number of aryl methyl sites for hydroxylation is 1. The molecule has 0 bridgehead atoms. The monoisotopic (exact) mass is 460 g/mol. The highest BCUT2D eigenvalue weighted by Gasteiger charge is 2.26. The molecule has 0 radical (unpaired) electrons. The molecular formula is C20H25BrN6O2. The number of halogens is 1. The topological polar surface area (TPSA) is 99.9 Å². The molecule has 1 aliphatic rings. The lowest BCUT2D eigenvalue weighted by Crippen LogP contribution is -2.43. The molecule has 0 amide bonds. The van der Waals surface area contributed by atoms with Crippen molar-refractivity contribution in [3.05, 3.63) is 55.1 Å². The summed E-state index contributed by atoms with van der Waals surface area (Å²) in [6, 6.07) is 7.98. The first kappa shape index (κ1) is 19.9. The molecule has 154 valence electrons. The van der Waals surface area contributed by atoms with E-state index in [4.69, 9.17) is 5.73 Å². The smallest absolute Gasteiger partial charge is 0.332 e. The Bertz CT molecular complexity index is 1180. The van der Waals surface area contributed by atoms with Crippen LogP contribution in [0.2, 0.25) is 0 Å². The molecule has 1 aliphatic carbocycles. The van der Waals surface area contributed by atoms with Gasteiger partial charge in [-0.1, -0.05) is 47.0 Å². The summed E-state index contributed by atoms with van der Waals surface area (Å²) in [7, 11) is 3.13. The third kappa shape index (κ3) is 3.53. The van der Waals surface area contributed by atoms with Gasteiger partial charge in [-0.15, -0.1) is 0 Å². The largest absolute Gasteiger partial charge is 0.351 e. The molecule has 29 heavy (non-hydrogen) atoms. The van der Waals surface area contributed by atoms with Gasteiger partial charge in [-0.2, -0.15) is 4.98 Å². The third-order valence-electron chi connectivity index (χ3n) is 5.77. The summed E-state index contributed by atoms with van der Waals surface area (Å²) in [6.45, 7) is 0.440. The fourth-order valence-corrected chi connectivity index (χ4v) is 4.42. The van der Waals surface area contributed by atoms with Gasteiger partial charge < -0.3 is 11.1 Å². The molecule has 2 atom stereocenters. The van der Waals surface area contributed by atoms with Crippen molar-refractivity contribution >= 4 is 33.0 Å². The number of rotatable bonds is 4. The van der Waals surface area contributed by atoms with Crippen LogP contribution in [0.3, 0.4) is 0 Å². The van der Waals surface area contributed by atoms with Gasteiger partial charge in [0.15, 0.2) is 11.2 Å². The predicted molar refractivity (Wildman–Crippen MR) is 117 cm³/mol. The second-order valence-corrected chi connectivity index (χ2v) is 8.54. The third-order valence-corrected chi connectivity index (χ3v) is 6.54. The zero-order valence-electron chi connectivity index (χ0n) is 16.6. The fourth-order valence-electron chi connectivity index (χ4n) is 4.01. The Kier molecular flexibility index (Phi) is 5.35. The van der Waals surface area contributed by atoms with Crippen LogP contribution in [0.5, 0.6) is 0 Å². The number of fused-ring (bicyclic) bond motifs is 1. The number of anilines is 1. The van der Waals surface area contributed by atoms with Gasteiger partial charge >= 0.3 is 5.69 Å². The van der Waals surface area contributed by atoms with Crippen molar-refractivity contribution in [2.45, 2.75) is 44.3 Å². The van der Waals surface area contributed by atoms with Crippen molar-refractivity contribution in [3.8, 4) is 0 Å². The molecule has 1 aromatic carbocycles. The van der Waals surface area contributed by atoms with Crippen molar-refractivity contribution in [3.63, 3.8) is 0 Å². The van der Waals surface area contributed by atoms with E-state index in [0.717, 1.165) is 40.3 Å². The van der Waals surface area contributed by atoms with Gasteiger partial charge in [0.1, 0.15) is 0 Å². The van der Waals surface area contributed by atoms with Crippen LogP contribution in [0, 0.1) is 0 Å². The van der Waals surface area contributed by atoms with E-state index in [0.29, 0.717) is 23.7 Å². The molecule has 0 aliphatic heterocycles. The first-order valence-corrected chi connectivity index (χ1v) is 10.6. The van der Waals surface area contributed by atoms with E-state index in [9.17, 15) is 9.59 Å². The molecule has 2 aromatic heterocycles. The minimum Gasteiger partial charge on any atom is -0.351 e. The van der Waals surface area contributed by atoms with Crippen LogP contribution in [0.25, 0.3) is 11.2 Å². The molecule has 2 heterocycles. The lowest BCUT2D eigenvalue weighted by Gasteiger charge is -2.29. The molecule has 3 N–H and O–H groups in total. The second kappa shape index (κ2) is 7.79. The molecule has 2 unspecified atom stereocenters. The normalized spacial score (nSPS) is 19.6. The van der Waals surface area contributed by atoms with Gasteiger partial charge in [0.25, 0.3) is 5.56 Å². The second-order valence-electron chi connectivity index (χ2n) is 7.69. The van der Waals surface area contributed by atoms with Gasteiger partial charge in [0.2, 0.25) is 5.95 Å². The first-order chi connectivity index (χ1) is 13.9. The molecule has 0 spiro atoms. The number of nitrogens with zero attached hydrogens (tertiary/aromatic N) is 4. The van der Waals surface area contributed by atoms with Gasteiger partial charge in [-0.3, -0.25) is 18.5 Å². The Hall–Kier alpha value is -2.39. The van der Waals surface area contributed by atoms with Crippen molar-refractivity contribution in [1.29, 1.82) is 0 Å². The number of nitrogens with two attached hydrogens (primary N) is 1. The van der Waals surface area contributed by atoms with E-state index in [1.807, 2.05) is 28.8 Å². The van der Waals surface area contributed by atoms with E-state index in [-0.39, 0.29) is 17.6 Å². The van der Waals surface area contributed by atoms with E-state index >= 15 is 0 Å². The zero-order valence-corrected chi connectivity index (χ0v) is 18.1. The number of imidazole rings is 1. The lowest BCUT2D eigenvalue weighted by molar-refractivity contribution is 0.401. The Labute approximate surface area is 176 Å². The summed E-state index contributed by atoms with van der Waals surface area (Å²) < 4.78 is 5.35. The van der Waals surface area contributed by atoms with E-state index in [1.165, 1.54) is 11.6 Å². The minimum absolute atomic E-state index is 0.0344. The maximum absolute atomic E-state index is 13.0. The number of benzene rings is 1. The Morgan fingerprint density at radius 3 is 2.62 bits per heavy atom. The van der Waals surface area contributed by atoms with Crippen molar-refractivity contribution < 1.29 is 0 Å². The van der Waals surface area contributed by atoms with Gasteiger partial charge in [-0.25, -0.2) is 4.79 Å². The van der Waals surface area contributed by atoms with Crippen molar-refractivity contribution in [2.75, 3.05) is 5.32 Å². The number of aromatic nitrogens is 4. The van der Waals surface area contributed by atoms with Gasteiger partial charge in [0.05, 0.1) is 6.54 Å². The summed E-state index contributed by atoms with van der Waals surface area (Å²) in [4.78, 5) is 30.1. The summed E-state index contributed by atoms with van der Waals surface area (Å²) in [5.74, 6) is 0.566. The molecule has 0 saturated heterocycles. The van der Waals surface area contributed by atoms with E-state index in [2.05, 4.69) is 26.2 Å². The molecular weight excluding hydrogens is 436 g/mol. The fraction of sp³-hybridized carbons (Fsp3) is 0.450. The SMILES string of the molecule is Cn1c(=O)c2c(nc(NC3CCCCC3N)n2Cc2ccccc2Br)n(C)c1=O. The molecule has 8 nitrogen and oxygen atoms in total. The first-order valence-electron chi connectivity index (χ1n) is 9.80. The number of hydrogen-bond acceptors (Lipinski definition) is 5. The highest BCUT2D eigenvalue weighted by Crippen LogP contribution is 2.25. The molecule has 1 saturated carbocycles. The maximum Gasteiger partial charge on any atom is 0.332 e. The lowest BCUT2D eigenvalue weighted by atomic mass is 9.91. The highest BCUT2D eigenvalue weighted by molar-refractivity contribution is 9.10. The van der Waals surface area contributed by atoms with Crippen LogP contribution >= 0.6 is 15.9 Å².